The first-order chi connectivity index (χ1) is 14.0. The molecule has 176 valence electrons. The van der Waals surface area contributed by atoms with Crippen LogP contribution in [0.4, 0.5) is 0 Å². The maximum absolute atomic E-state index is 10.1. The maximum Gasteiger partial charge on any atom is 0.322 e. The molecule has 0 spiro atoms. The number of aliphatic carboxylic acids is 4. The topological polar surface area (TPSA) is 266 Å². The molecule has 0 unspecified atom stereocenters. The molecule has 0 radical (unpaired) electrons. The van der Waals surface area contributed by atoms with Crippen molar-refractivity contribution in [3.63, 3.8) is 0 Å². The summed E-state index contributed by atoms with van der Waals surface area (Å²) >= 11 is 0. The van der Waals surface area contributed by atoms with Crippen molar-refractivity contribution in [2.24, 2.45) is 11.5 Å². The molecule has 0 amide bonds. The van der Waals surface area contributed by atoms with E-state index in [1.807, 2.05) is 0 Å². The van der Waals surface area contributed by atoms with E-state index in [1.165, 1.54) is 0 Å². The van der Waals surface area contributed by atoms with Crippen LogP contribution in [0, 0.1) is 0 Å². The molecule has 2 heterocycles. The molecular formula is C16H32N4O10. The van der Waals surface area contributed by atoms with Crippen molar-refractivity contribution in [1.29, 1.82) is 0 Å². The van der Waals surface area contributed by atoms with Gasteiger partial charge in [-0.05, 0) is 38.8 Å². The fourth-order valence-electron chi connectivity index (χ4n) is 1.95. The van der Waals surface area contributed by atoms with Gasteiger partial charge in [0.1, 0.15) is 24.2 Å². The van der Waals surface area contributed by atoms with E-state index in [9.17, 15) is 19.2 Å². The lowest BCUT2D eigenvalue weighted by Gasteiger charge is -1.99. The van der Waals surface area contributed by atoms with Gasteiger partial charge in [-0.2, -0.15) is 0 Å². The first kappa shape index (κ1) is 29.8. The number of aliphatic hydroxyl groups is 2. The number of hydrogen-bond acceptors (Lipinski definition) is 10. The van der Waals surface area contributed by atoms with Gasteiger partial charge in [0, 0.05) is 0 Å². The lowest BCUT2D eigenvalue weighted by molar-refractivity contribution is -0.140. The van der Waals surface area contributed by atoms with E-state index in [-0.39, 0.29) is 12.1 Å². The van der Waals surface area contributed by atoms with E-state index in [0.29, 0.717) is 0 Å². The number of aliphatic hydroxyl groups excluding tert-OH is 2. The number of carbonyl (C=O) groups is 4. The quantitative estimate of drug-likeness (QED) is 0.191. The van der Waals surface area contributed by atoms with Crippen LogP contribution in [0.2, 0.25) is 0 Å². The van der Waals surface area contributed by atoms with Crippen LogP contribution >= 0.6 is 0 Å². The van der Waals surface area contributed by atoms with Gasteiger partial charge in [-0.15, -0.1) is 0 Å². The summed E-state index contributed by atoms with van der Waals surface area (Å²) in [6.45, 7) is 0.707. The molecule has 2 aliphatic heterocycles. The Morgan fingerprint density at radius 3 is 1.10 bits per heavy atom. The van der Waals surface area contributed by atoms with E-state index in [0.717, 1.165) is 38.8 Å². The second-order valence-corrected chi connectivity index (χ2v) is 6.23. The minimum Gasteiger partial charge on any atom is -0.480 e. The highest BCUT2D eigenvalue weighted by atomic mass is 16.4. The van der Waals surface area contributed by atoms with Crippen molar-refractivity contribution in [3.8, 4) is 0 Å². The Morgan fingerprint density at radius 1 is 0.733 bits per heavy atom. The Labute approximate surface area is 172 Å². The third kappa shape index (κ3) is 15.5. The van der Waals surface area contributed by atoms with E-state index >= 15 is 0 Å². The summed E-state index contributed by atoms with van der Waals surface area (Å²) in [5, 5.41) is 54.2. The molecule has 2 rings (SSSR count). The van der Waals surface area contributed by atoms with Gasteiger partial charge in [-0.25, -0.2) is 0 Å². The zero-order valence-electron chi connectivity index (χ0n) is 16.4. The Morgan fingerprint density at radius 2 is 1.03 bits per heavy atom. The standard InChI is InChI=1S/2C5H9NO2.2C3H7NO3/c2*7-5(8)4-2-1-3-6-4;2*4-2(1-5)3(6)7/h2*4,6H,1-3H2,(H,7,8);2*2,5H,1,4H2,(H,6,7)/t2*4-;2*2-/m0000/s1. The fourth-order valence-corrected chi connectivity index (χ4v) is 1.95. The molecule has 12 N–H and O–H groups in total. The predicted molar refractivity (Wildman–Crippen MR) is 103 cm³/mol. The first-order valence-electron chi connectivity index (χ1n) is 9.08. The van der Waals surface area contributed by atoms with Gasteiger partial charge in [0.05, 0.1) is 13.2 Å². The summed E-state index contributed by atoms with van der Waals surface area (Å²) < 4.78 is 0. The molecule has 2 saturated heterocycles. The van der Waals surface area contributed by atoms with Crippen LogP contribution in [0.25, 0.3) is 0 Å². The normalized spacial score (nSPS) is 21.3. The largest absolute Gasteiger partial charge is 0.480 e. The van der Waals surface area contributed by atoms with Gasteiger partial charge in [0.25, 0.3) is 0 Å². The Balaban J connectivity index is 0. The fraction of sp³-hybridized carbons (Fsp3) is 0.750. The Bertz CT molecular complexity index is 476. The molecule has 14 nitrogen and oxygen atoms in total. The van der Waals surface area contributed by atoms with Gasteiger partial charge >= 0.3 is 23.9 Å². The molecule has 14 heteroatoms. The molecule has 0 saturated carbocycles. The third-order valence-electron chi connectivity index (χ3n) is 3.74. The van der Waals surface area contributed by atoms with Crippen molar-refractivity contribution >= 4 is 23.9 Å². The van der Waals surface area contributed by atoms with Crippen molar-refractivity contribution in [2.45, 2.75) is 49.9 Å². The summed E-state index contributed by atoms with van der Waals surface area (Å²) in [6.07, 6.45) is 3.57. The Hall–Kier alpha value is -2.36. The zero-order chi connectivity index (χ0) is 23.7. The van der Waals surface area contributed by atoms with Gasteiger partial charge in [0.15, 0.2) is 0 Å². The summed E-state index contributed by atoms with van der Waals surface area (Å²) in [6, 6.07) is -2.79. The van der Waals surface area contributed by atoms with E-state index in [1.54, 1.807) is 0 Å². The number of rotatable bonds is 6. The number of nitrogens with one attached hydrogen (secondary N) is 2. The smallest absolute Gasteiger partial charge is 0.322 e. The lowest BCUT2D eigenvalue weighted by atomic mass is 10.2. The molecule has 0 aromatic carbocycles. The number of carboxylic acids is 4. The second-order valence-electron chi connectivity index (χ2n) is 6.23. The monoisotopic (exact) mass is 440 g/mol. The number of carboxylic acid groups (broad SMARTS) is 4. The van der Waals surface area contributed by atoms with E-state index in [4.69, 9.17) is 42.1 Å². The van der Waals surface area contributed by atoms with Crippen molar-refractivity contribution in [2.75, 3.05) is 26.3 Å². The average Bonchev–Trinajstić information content (AvgIpc) is 3.41. The number of hydrogen-bond donors (Lipinski definition) is 10. The second kappa shape index (κ2) is 17.5. The lowest BCUT2D eigenvalue weighted by Crippen LogP contribution is -2.33. The van der Waals surface area contributed by atoms with Crippen LogP contribution in [0.5, 0.6) is 0 Å². The summed E-state index contributed by atoms with van der Waals surface area (Å²) in [7, 11) is 0. The van der Waals surface area contributed by atoms with Crippen LogP contribution < -0.4 is 22.1 Å². The molecular weight excluding hydrogens is 408 g/mol. The highest BCUT2D eigenvalue weighted by Crippen LogP contribution is 2.04. The molecule has 2 fully saturated rings. The van der Waals surface area contributed by atoms with Gasteiger partial charge in [-0.1, -0.05) is 0 Å². The Kier molecular flexibility index (Phi) is 17.4. The molecule has 4 atom stereocenters. The molecule has 0 aromatic heterocycles. The molecule has 30 heavy (non-hydrogen) atoms. The maximum atomic E-state index is 10.1. The van der Waals surface area contributed by atoms with E-state index in [2.05, 4.69) is 10.6 Å². The minimum atomic E-state index is -1.18. The van der Waals surface area contributed by atoms with Crippen LogP contribution in [-0.4, -0.2) is 105 Å². The van der Waals surface area contributed by atoms with Crippen LogP contribution in [0.15, 0.2) is 0 Å². The van der Waals surface area contributed by atoms with Gasteiger partial charge in [0.2, 0.25) is 0 Å². The zero-order valence-corrected chi connectivity index (χ0v) is 16.4. The van der Waals surface area contributed by atoms with Crippen LogP contribution in [-0.2, 0) is 19.2 Å². The molecule has 0 aliphatic carbocycles. The SMILES string of the molecule is N[C@@H](CO)C(=O)O.N[C@@H](CO)C(=O)O.O=C(O)[C@@H]1CCCN1.O=C(O)[C@@H]1CCCN1. The average molecular weight is 440 g/mol. The molecule has 2 aliphatic rings. The summed E-state index contributed by atoms with van der Waals surface area (Å²) in [5.74, 6) is -3.80. The van der Waals surface area contributed by atoms with Crippen molar-refractivity contribution < 1.29 is 49.8 Å². The van der Waals surface area contributed by atoms with Gasteiger partial charge < -0.3 is 52.7 Å². The van der Waals surface area contributed by atoms with E-state index < -0.39 is 49.2 Å². The van der Waals surface area contributed by atoms with Gasteiger partial charge in [-0.3, -0.25) is 19.2 Å². The predicted octanol–water partition coefficient (Wildman–Crippen LogP) is -3.57. The summed E-state index contributed by atoms with van der Waals surface area (Å²) in [4.78, 5) is 39.6. The van der Waals surface area contributed by atoms with Crippen molar-refractivity contribution in [3.05, 3.63) is 0 Å². The third-order valence-corrected chi connectivity index (χ3v) is 3.74. The molecule has 0 aromatic rings. The highest BCUT2D eigenvalue weighted by Gasteiger charge is 2.20. The van der Waals surface area contributed by atoms with Crippen molar-refractivity contribution in [1.82, 2.24) is 10.6 Å². The summed E-state index contributed by atoms with van der Waals surface area (Å²) in [5.41, 5.74) is 9.53. The van der Waals surface area contributed by atoms with Crippen LogP contribution in [0.3, 0.4) is 0 Å². The number of nitrogens with two attached hydrogens (primary N) is 2. The highest BCUT2D eigenvalue weighted by molar-refractivity contribution is 5.74. The first-order valence-corrected chi connectivity index (χ1v) is 9.08. The minimum absolute atomic E-state index is 0.269. The van der Waals surface area contributed by atoms with Crippen LogP contribution in [0.1, 0.15) is 25.7 Å². The molecule has 0 bridgehead atoms.